The summed E-state index contributed by atoms with van der Waals surface area (Å²) in [6, 6.07) is 10.4. The first kappa shape index (κ1) is 31.5. The van der Waals surface area contributed by atoms with E-state index in [0.29, 0.717) is 61.5 Å². The normalized spacial score (nSPS) is 18.6. The number of nitrogens with one attached hydrogen (secondary N) is 1. The largest absolute Gasteiger partial charge is 0.480 e. The molecule has 46 heavy (non-hydrogen) atoms. The number of benzene rings is 2. The summed E-state index contributed by atoms with van der Waals surface area (Å²) in [7, 11) is 0. The Bertz CT molecular complexity index is 1760. The number of aromatic nitrogens is 4. The molecule has 4 N–H and O–H groups in total. The number of ether oxygens (including phenoxy) is 1. The number of nitrogens with zero attached hydrogens (tertiary/aromatic N) is 5. The van der Waals surface area contributed by atoms with E-state index in [1.807, 2.05) is 4.90 Å². The summed E-state index contributed by atoms with van der Waals surface area (Å²) in [6.45, 7) is 3.28. The molecular weight excluding hydrogens is 630 g/mol. The molecule has 0 bridgehead atoms. The van der Waals surface area contributed by atoms with E-state index in [1.54, 1.807) is 13.0 Å². The van der Waals surface area contributed by atoms with E-state index < -0.39 is 30.1 Å². The number of alkyl halides is 3. The summed E-state index contributed by atoms with van der Waals surface area (Å²) in [6.07, 6.45) is -4.01. The molecule has 2 aromatic heterocycles. The molecular formula is C31H30ClF4N7O3. The highest BCUT2D eigenvalue weighted by atomic mass is 35.5. The fraction of sp³-hybridized carbons (Fsp3) is 0.355. The quantitative estimate of drug-likeness (QED) is 0.213. The van der Waals surface area contributed by atoms with Crippen molar-refractivity contribution < 1.29 is 32.2 Å². The zero-order valence-electron chi connectivity index (χ0n) is 24.6. The van der Waals surface area contributed by atoms with Crippen molar-refractivity contribution in [2.45, 2.75) is 44.5 Å². The Hall–Kier alpha value is -4.43. The highest BCUT2D eigenvalue weighted by Crippen LogP contribution is 2.43. The number of halogens is 5. The number of carboxylic acid groups (broad SMARTS) is 1. The van der Waals surface area contributed by atoms with Crippen LogP contribution >= 0.6 is 11.6 Å². The number of carboxylic acids is 1. The third-order valence-electron chi connectivity index (χ3n) is 8.53. The maximum absolute atomic E-state index is 14.8. The molecule has 0 aliphatic carbocycles. The van der Waals surface area contributed by atoms with Crippen molar-refractivity contribution in [2.75, 3.05) is 30.3 Å². The molecule has 6 rings (SSSR count). The third kappa shape index (κ3) is 6.58. The SMILES string of the molecule is Cc1ccn(-c2cc(-c3cc(F)cc(Cl)c3)ccc2[C@@H](Oc2cc(N3CCC4(CC3)CN[C@H](C(=O)O)C4)nc(N)n2)C(F)(F)F)n1. The number of carbonyl (C=O) groups is 1. The van der Waals surface area contributed by atoms with Crippen LogP contribution in [0.5, 0.6) is 5.88 Å². The zero-order valence-corrected chi connectivity index (χ0v) is 25.3. The van der Waals surface area contributed by atoms with Crippen LogP contribution in [0.3, 0.4) is 0 Å². The Kier molecular flexibility index (Phi) is 8.27. The van der Waals surface area contributed by atoms with Crippen LogP contribution in [-0.4, -0.2) is 62.7 Å². The lowest BCUT2D eigenvalue weighted by Crippen LogP contribution is -2.41. The van der Waals surface area contributed by atoms with Gasteiger partial charge in [0, 0.05) is 42.5 Å². The highest BCUT2D eigenvalue weighted by molar-refractivity contribution is 6.30. The molecule has 10 nitrogen and oxygen atoms in total. The van der Waals surface area contributed by atoms with Gasteiger partial charge in [0.1, 0.15) is 17.7 Å². The summed E-state index contributed by atoms with van der Waals surface area (Å²) in [5.74, 6) is -1.81. The smallest absolute Gasteiger partial charge is 0.429 e. The minimum absolute atomic E-state index is 0.0572. The second-order valence-corrected chi connectivity index (χ2v) is 12.2. The molecule has 2 aliphatic heterocycles. The summed E-state index contributed by atoms with van der Waals surface area (Å²) in [5, 5.41) is 16.9. The molecule has 4 heterocycles. The molecule has 15 heteroatoms. The fourth-order valence-corrected chi connectivity index (χ4v) is 6.40. The van der Waals surface area contributed by atoms with Gasteiger partial charge >= 0.3 is 12.1 Å². The Labute approximate surface area is 266 Å². The van der Waals surface area contributed by atoms with Crippen LogP contribution in [0.15, 0.2) is 54.7 Å². The van der Waals surface area contributed by atoms with Crippen LogP contribution in [0, 0.1) is 18.2 Å². The molecule has 1 spiro atoms. The minimum atomic E-state index is -4.89. The van der Waals surface area contributed by atoms with Crippen LogP contribution in [0.25, 0.3) is 16.8 Å². The molecule has 242 valence electrons. The summed E-state index contributed by atoms with van der Waals surface area (Å²) in [5.41, 5.74) is 6.92. The lowest BCUT2D eigenvalue weighted by Gasteiger charge is -2.39. The van der Waals surface area contributed by atoms with Gasteiger partial charge in [0.2, 0.25) is 17.9 Å². The Balaban J connectivity index is 1.31. The van der Waals surface area contributed by atoms with E-state index >= 15 is 0 Å². The zero-order chi connectivity index (χ0) is 32.8. The summed E-state index contributed by atoms with van der Waals surface area (Å²) < 4.78 is 65.4. The third-order valence-corrected chi connectivity index (χ3v) is 8.75. The Morgan fingerprint density at radius 1 is 1.13 bits per heavy atom. The van der Waals surface area contributed by atoms with Crippen LogP contribution in [0.1, 0.15) is 36.6 Å². The molecule has 2 fully saturated rings. The number of hydrogen-bond acceptors (Lipinski definition) is 8. The van der Waals surface area contributed by atoms with E-state index in [9.17, 15) is 27.5 Å². The number of aryl methyl sites for hydroxylation is 1. The van der Waals surface area contributed by atoms with Crippen LogP contribution in [0.4, 0.5) is 29.3 Å². The minimum Gasteiger partial charge on any atom is -0.480 e. The van der Waals surface area contributed by atoms with Crippen molar-refractivity contribution in [2.24, 2.45) is 5.41 Å². The van der Waals surface area contributed by atoms with Gasteiger partial charge in [0.05, 0.1) is 11.4 Å². The van der Waals surface area contributed by atoms with Crippen LogP contribution < -0.4 is 20.7 Å². The standard InChI is InChI=1S/C31H30ClF4N7O3/c1-17-4-7-43(41-17)24-12-18(19-10-20(32)13-21(33)11-19)2-3-22(24)27(31(34,35)36)46-26-14-25(39-29(37)40-26)42-8-5-30(6-9-42)15-23(28(44)45)38-16-30/h2-4,7,10-14,23,27,38H,5-6,8-9,15-16H2,1H3,(H,44,45)(H2,37,39,40)/t23-,27+/m0/s1. The van der Waals surface area contributed by atoms with Crippen molar-refractivity contribution in [3.8, 4) is 22.7 Å². The highest BCUT2D eigenvalue weighted by Gasteiger charge is 2.46. The van der Waals surface area contributed by atoms with Crippen LogP contribution in [-0.2, 0) is 4.79 Å². The van der Waals surface area contributed by atoms with Crippen molar-refractivity contribution in [1.82, 2.24) is 25.1 Å². The number of nitrogens with two attached hydrogens (primary N) is 1. The van der Waals surface area contributed by atoms with Gasteiger partial charge in [0.25, 0.3) is 0 Å². The summed E-state index contributed by atoms with van der Waals surface area (Å²) >= 11 is 6.05. The number of aliphatic carboxylic acids is 1. The van der Waals surface area contributed by atoms with E-state index in [4.69, 9.17) is 22.1 Å². The Morgan fingerprint density at radius 2 is 1.89 bits per heavy atom. The topological polar surface area (TPSA) is 131 Å². The number of nitrogen functional groups attached to an aromatic ring is 1. The van der Waals surface area contributed by atoms with Crippen LogP contribution in [0.2, 0.25) is 5.02 Å². The lowest BCUT2D eigenvalue weighted by atomic mass is 9.76. The fourth-order valence-electron chi connectivity index (χ4n) is 6.18. The van der Waals surface area contributed by atoms with Gasteiger partial charge in [-0.05, 0) is 73.1 Å². The first-order valence-corrected chi connectivity index (χ1v) is 14.9. The molecule has 0 unspecified atom stereocenters. The number of rotatable bonds is 7. The van der Waals surface area contributed by atoms with Crippen molar-refractivity contribution >= 4 is 29.3 Å². The molecule has 4 aromatic rings. The van der Waals surface area contributed by atoms with Crippen molar-refractivity contribution in [1.29, 1.82) is 0 Å². The molecule has 2 saturated heterocycles. The second kappa shape index (κ2) is 12.1. The van der Waals surface area contributed by atoms with Gasteiger partial charge in [-0.3, -0.25) is 4.79 Å². The predicted molar refractivity (Wildman–Crippen MR) is 162 cm³/mol. The average Bonchev–Trinajstić information content (AvgIpc) is 3.61. The second-order valence-electron chi connectivity index (χ2n) is 11.8. The number of piperidine rings is 1. The van der Waals surface area contributed by atoms with E-state index in [0.717, 1.165) is 6.07 Å². The maximum atomic E-state index is 14.8. The molecule has 0 radical (unpaired) electrons. The van der Waals surface area contributed by atoms with Gasteiger partial charge in [-0.2, -0.15) is 28.2 Å². The maximum Gasteiger partial charge on any atom is 0.429 e. The molecule has 0 saturated carbocycles. The average molecular weight is 660 g/mol. The van der Waals surface area contributed by atoms with E-state index in [1.165, 1.54) is 47.3 Å². The Morgan fingerprint density at radius 3 is 2.52 bits per heavy atom. The van der Waals surface area contributed by atoms with E-state index in [2.05, 4.69) is 20.4 Å². The van der Waals surface area contributed by atoms with Gasteiger partial charge in [0.15, 0.2) is 0 Å². The molecule has 2 aromatic carbocycles. The van der Waals surface area contributed by atoms with Crippen molar-refractivity contribution in [3.05, 3.63) is 76.8 Å². The first-order valence-electron chi connectivity index (χ1n) is 14.5. The monoisotopic (exact) mass is 659 g/mol. The number of hydrogen-bond donors (Lipinski definition) is 3. The first-order chi connectivity index (χ1) is 21.8. The summed E-state index contributed by atoms with van der Waals surface area (Å²) in [4.78, 5) is 21.5. The van der Waals surface area contributed by atoms with Crippen molar-refractivity contribution in [3.63, 3.8) is 0 Å². The molecule has 2 atom stereocenters. The molecule has 0 amide bonds. The van der Waals surface area contributed by atoms with Gasteiger partial charge < -0.3 is 25.8 Å². The van der Waals surface area contributed by atoms with Gasteiger partial charge in [-0.15, -0.1) is 0 Å². The van der Waals surface area contributed by atoms with Gasteiger partial charge in [-0.1, -0.05) is 23.7 Å². The lowest BCUT2D eigenvalue weighted by molar-refractivity contribution is -0.198. The predicted octanol–water partition coefficient (Wildman–Crippen LogP) is 5.73. The molecule has 2 aliphatic rings. The van der Waals surface area contributed by atoms with E-state index in [-0.39, 0.29) is 33.5 Å². The number of anilines is 2. The van der Waals surface area contributed by atoms with Gasteiger partial charge in [-0.25, -0.2) is 9.07 Å².